The lowest BCUT2D eigenvalue weighted by Gasteiger charge is -2.27. The number of hydrogen-bond acceptors (Lipinski definition) is 2. The summed E-state index contributed by atoms with van der Waals surface area (Å²) in [5.41, 5.74) is 0.123. The number of aliphatic hydroxyl groups excluding tert-OH is 1. The molecule has 1 amide bonds. The highest BCUT2D eigenvalue weighted by atomic mass is 16.3. The molecule has 0 radical (unpaired) electrons. The van der Waals surface area contributed by atoms with E-state index in [9.17, 15) is 4.79 Å². The van der Waals surface area contributed by atoms with Gasteiger partial charge in [0.25, 0.3) is 0 Å². The Bertz CT molecular complexity index is 222. The molecule has 1 rings (SSSR count). The normalized spacial score (nSPS) is 26.3. The van der Waals surface area contributed by atoms with Crippen LogP contribution in [0.3, 0.4) is 0 Å². The molecule has 2 N–H and O–H groups in total. The van der Waals surface area contributed by atoms with Gasteiger partial charge in [-0.3, -0.25) is 4.79 Å². The van der Waals surface area contributed by atoms with Gasteiger partial charge in [-0.15, -0.1) is 0 Å². The fourth-order valence-corrected chi connectivity index (χ4v) is 2.39. The van der Waals surface area contributed by atoms with E-state index in [1.165, 1.54) is 0 Å². The second-order valence-electron chi connectivity index (χ2n) is 5.23. The summed E-state index contributed by atoms with van der Waals surface area (Å²) in [5, 5.41) is 12.0. The van der Waals surface area contributed by atoms with Crippen LogP contribution in [0.1, 0.15) is 46.5 Å². The molecule has 0 saturated heterocycles. The number of amides is 1. The first kappa shape index (κ1) is 12.5. The average molecular weight is 213 g/mol. The van der Waals surface area contributed by atoms with E-state index in [1.807, 2.05) is 6.92 Å². The van der Waals surface area contributed by atoms with E-state index in [4.69, 9.17) is 5.11 Å². The largest absolute Gasteiger partial charge is 0.394 e. The summed E-state index contributed by atoms with van der Waals surface area (Å²) in [6.07, 6.45) is 4.04. The molecule has 88 valence electrons. The molecule has 0 aliphatic heterocycles. The smallest absolute Gasteiger partial charge is 0.223 e. The van der Waals surface area contributed by atoms with Gasteiger partial charge in [0.2, 0.25) is 5.91 Å². The molecule has 1 aliphatic carbocycles. The lowest BCUT2D eigenvalue weighted by atomic mass is 9.81. The maximum Gasteiger partial charge on any atom is 0.223 e. The van der Waals surface area contributed by atoms with Crippen molar-refractivity contribution < 1.29 is 9.90 Å². The fourth-order valence-electron chi connectivity index (χ4n) is 2.39. The molecule has 0 spiro atoms. The second-order valence-corrected chi connectivity index (χ2v) is 5.23. The van der Waals surface area contributed by atoms with E-state index in [0.717, 1.165) is 25.7 Å². The first-order valence-electron chi connectivity index (χ1n) is 5.92. The fraction of sp³-hybridized carbons (Fsp3) is 0.917. The van der Waals surface area contributed by atoms with Crippen molar-refractivity contribution in [1.29, 1.82) is 0 Å². The SMILES string of the molecule is CC[C@H](CO)NC(=O)C1CCCC1(C)C. The minimum atomic E-state index is -0.0751. The molecular weight excluding hydrogens is 190 g/mol. The first-order valence-corrected chi connectivity index (χ1v) is 5.92. The van der Waals surface area contributed by atoms with Gasteiger partial charge in [-0.25, -0.2) is 0 Å². The molecule has 1 fully saturated rings. The molecular formula is C12H23NO2. The molecule has 0 aromatic carbocycles. The lowest BCUT2D eigenvalue weighted by molar-refractivity contribution is -0.128. The highest BCUT2D eigenvalue weighted by Crippen LogP contribution is 2.42. The third-order valence-corrected chi connectivity index (χ3v) is 3.63. The number of carbonyl (C=O) groups excluding carboxylic acids is 1. The van der Waals surface area contributed by atoms with E-state index in [-0.39, 0.29) is 29.9 Å². The van der Waals surface area contributed by atoms with Gasteiger partial charge in [-0.2, -0.15) is 0 Å². The van der Waals surface area contributed by atoms with Crippen molar-refractivity contribution in [3.05, 3.63) is 0 Å². The molecule has 0 bridgehead atoms. The van der Waals surface area contributed by atoms with Gasteiger partial charge in [0.15, 0.2) is 0 Å². The predicted molar refractivity (Wildman–Crippen MR) is 60.4 cm³/mol. The zero-order chi connectivity index (χ0) is 11.5. The van der Waals surface area contributed by atoms with Crippen LogP contribution in [-0.4, -0.2) is 23.7 Å². The lowest BCUT2D eigenvalue weighted by Crippen LogP contribution is -2.43. The van der Waals surface area contributed by atoms with Crippen molar-refractivity contribution in [3.8, 4) is 0 Å². The maximum absolute atomic E-state index is 12.0. The maximum atomic E-state index is 12.0. The molecule has 0 aromatic rings. The van der Waals surface area contributed by atoms with Gasteiger partial charge in [-0.05, 0) is 24.7 Å². The first-order chi connectivity index (χ1) is 7.01. The minimum Gasteiger partial charge on any atom is -0.394 e. The van der Waals surface area contributed by atoms with E-state index in [0.29, 0.717) is 0 Å². The quantitative estimate of drug-likeness (QED) is 0.746. The van der Waals surface area contributed by atoms with Crippen molar-refractivity contribution in [2.45, 2.75) is 52.5 Å². The van der Waals surface area contributed by atoms with Crippen molar-refractivity contribution >= 4 is 5.91 Å². The second kappa shape index (κ2) is 4.97. The Hall–Kier alpha value is -0.570. The zero-order valence-electron chi connectivity index (χ0n) is 10.0. The third-order valence-electron chi connectivity index (χ3n) is 3.63. The van der Waals surface area contributed by atoms with Gasteiger partial charge in [0, 0.05) is 5.92 Å². The molecule has 1 aliphatic rings. The number of carbonyl (C=O) groups is 1. The molecule has 15 heavy (non-hydrogen) atoms. The molecule has 2 atom stereocenters. The van der Waals surface area contributed by atoms with E-state index < -0.39 is 0 Å². The van der Waals surface area contributed by atoms with Crippen molar-refractivity contribution in [1.82, 2.24) is 5.32 Å². The van der Waals surface area contributed by atoms with Crippen molar-refractivity contribution in [3.63, 3.8) is 0 Å². The summed E-state index contributed by atoms with van der Waals surface area (Å²) in [7, 11) is 0. The molecule has 0 aromatic heterocycles. The number of nitrogens with one attached hydrogen (secondary N) is 1. The van der Waals surface area contributed by atoms with Crippen LogP contribution in [0.15, 0.2) is 0 Å². The Morgan fingerprint density at radius 3 is 2.67 bits per heavy atom. The Kier molecular flexibility index (Phi) is 4.14. The predicted octanol–water partition coefficient (Wildman–Crippen LogP) is 1.70. The molecule has 1 unspecified atom stereocenters. The van der Waals surface area contributed by atoms with Crippen LogP contribution < -0.4 is 5.32 Å². The number of hydrogen-bond donors (Lipinski definition) is 2. The van der Waals surface area contributed by atoms with E-state index in [1.54, 1.807) is 0 Å². The van der Waals surface area contributed by atoms with Crippen LogP contribution in [-0.2, 0) is 4.79 Å². The third kappa shape index (κ3) is 2.94. The Morgan fingerprint density at radius 1 is 1.60 bits per heavy atom. The van der Waals surface area contributed by atoms with Crippen LogP contribution in [0.5, 0.6) is 0 Å². The molecule has 3 nitrogen and oxygen atoms in total. The Labute approximate surface area is 92.3 Å². The van der Waals surface area contributed by atoms with Gasteiger partial charge >= 0.3 is 0 Å². The number of aliphatic hydroxyl groups is 1. The summed E-state index contributed by atoms with van der Waals surface area (Å²) in [5.74, 6) is 0.247. The molecule has 3 heteroatoms. The Balaban J connectivity index is 2.53. The van der Waals surface area contributed by atoms with Crippen molar-refractivity contribution in [2.24, 2.45) is 11.3 Å². The molecule has 1 saturated carbocycles. The summed E-state index contributed by atoms with van der Waals surface area (Å²) in [4.78, 5) is 12.0. The van der Waals surface area contributed by atoms with Crippen molar-refractivity contribution in [2.75, 3.05) is 6.61 Å². The number of rotatable bonds is 4. The van der Waals surface area contributed by atoms with Crippen LogP contribution >= 0.6 is 0 Å². The van der Waals surface area contributed by atoms with Crippen LogP contribution in [0.4, 0.5) is 0 Å². The monoisotopic (exact) mass is 213 g/mol. The van der Waals surface area contributed by atoms with E-state index >= 15 is 0 Å². The standard InChI is InChI=1S/C12H23NO2/c1-4-9(8-14)13-11(15)10-6-5-7-12(10,2)3/h9-10,14H,4-8H2,1-3H3,(H,13,15)/t9-,10?/m1/s1. The topological polar surface area (TPSA) is 49.3 Å². The highest BCUT2D eigenvalue weighted by molar-refractivity contribution is 5.80. The van der Waals surface area contributed by atoms with Gasteiger partial charge in [0.05, 0.1) is 12.6 Å². The summed E-state index contributed by atoms with van der Waals surface area (Å²) >= 11 is 0. The summed E-state index contributed by atoms with van der Waals surface area (Å²) < 4.78 is 0. The summed E-state index contributed by atoms with van der Waals surface area (Å²) in [6.45, 7) is 6.32. The Morgan fingerprint density at radius 2 is 2.27 bits per heavy atom. The molecule has 0 heterocycles. The van der Waals surface area contributed by atoms with Gasteiger partial charge in [-0.1, -0.05) is 27.2 Å². The summed E-state index contributed by atoms with van der Waals surface area (Å²) in [6, 6.07) is -0.0751. The minimum absolute atomic E-state index is 0.0371. The van der Waals surface area contributed by atoms with Gasteiger partial charge < -0.3 is 10.4 Å². The van der Waals surface area contributed by atoms with E-state index in [2.05, 4.69) is 19.2 Å². The van der Waals surface area contributed by atoms with Gasteiger partial charge in [0.1, 0.15) is 0 Å². The van der Waals surface area contributed by atoms with Crippen LogP contribution in [0, 0.1) is 11.3 Å². The van der Waals surface area contributed by atoms with Crippen LogP contribution in [0.2, 0.25) is 0 Å². The average Bonchev–Trinajstić information content (AvgIpc) is 2.54. The van der Waals surface area contributed by atoms with Crippen LogP contribution in [0.25, 0.3) is 0 Å². The highest BCUT2D eigenvalue weighted by Gasteiger charge is 2.39. The zero-order valence-corrected chi connectivity index (χ0v) is 10.0.